The Morgan fingerprint density at radius 1 is 0.321 bits per heavy atom. The summed E-state index contributed by atoms with van der Waals surface area (Å²) in [4.78, 5) is 3.97. The Morgan fingerprint density at radius 2 is 0.755 bits per heavy atom. The van der Waals surface area contributed by atoms with E-state index in [1.807, 2.05) is 12.1 Å². The molecule has 9 aromatic carbocycles. The summed E-state index contributed by atoms with van der Waals surface area (Å²) in [7, 11) is 0. The fraction of sp³-hybridized carbons (Fsp3) is 0. The van der Waals surface area contributed by atoms with Crippen molar-refractivity contribution in [3.8, 4) is 50.2 Å². The summed E-state index contributed by atoms with van der Waals surface area (Å²) in [5.41, 5.74) is 13.2. The summed E-state index contributed by atoms with van der Waals surface area (Å²) in [6.45, 7) is 8.11. The maximum Gasteiger partial charge on any atom is 0.188 e. The molecule has 0 unspecified atom stereocenters. The van der Waals surface area contributed by atoms with Crippen LogP contribution in [0.2, 0.25) is 0 Å². The van der Waals surface area contributed by atoms with E-state index in [9.17, 15) is 0 Å². The SMILES string of the molecule is [C-]#[N+]c1cc(-c2cccc(-c3ccc(-n4c5ccccc5c5ccccc54)cc3)c2)cc(-c2c3ccccc3c(-c3ccccc3)c3ccccc23)c1. The Morgan fingerprint density at radius 3 is 1.32 bits per heavy atom. The second kappa shape index (κ2) is 12.5. The van der Waals surface area contributed by atoms with E-state index in [0.717, 1.165) is 39.1 Å². The van der Waals surface area contributed by atoms with Crippen LogP contribution in [0, 0.1) is 6.57 Å². The summed E-state index contributed by atoms with van der Waals surface area (Å²) < 4.78 is 2.35. The number of aromatic nitrogens is 1. The highest BCUT2D eigenvalue weighted by Crippen LogP contribution is 2.45. The van der Waals surface area contributed by atoms with Gasteiger partial charge in [-0.25, -0.2) is 4.85 Å². The molecule has 0 amide bonds. The van der Waals surface area contributed by atoms with E-state index in [4.69, 9.17) is 6.57 Å². The first-order chi connectivity index (χ1) is 26.2. The normalized spacial score (nSPS) is 11.4. The van der Waals surface area contributed by atoms with Gasteiger partial charge >= 0.3 is 0 Å². The van der Waals surface area contributed by atoms with Crippen LogP contribution in [0.1, 0.15) is 0 Å². The summed E-state index contributed by atoms with van der Waals surface area (Å²) in [5, 5.41) is 7.27. The molecule has 1 aromatic heterocycles. The van der Waals surface area contributed by atoms with Gasteiger partial charge in [-0.05, 0) is 115 Å². The average molecular weight is 673 g/mol. The molecule has 0 aliphatic carbocycles. The first-order valence-electron chi connectivity index (χ1n) is 18.0. The van der Waals surface area contributed by atoms with Crippen molar-refractivity contribution in [1.82, 2.24) is 4.57 Å². The van der Waals surface area contributed by atoms with Gasteiger partial charge < -0.3 is 4.57 Å². The molecule has 53 heavy (non-hydrogen) atoms. The molecule has 0 spiro atoms. The Bertz CT molecular complexity index is 2940. The highest BCUT2D eigenvalue weighted by molar-refractivity contribution is 6.21. The molecule has 0 N–H and O–H groups in total. The summed E-state index contributed by atoms with van der Waals surface area (Å²) in [6.07, 6.45) is 0. The average Bonchev–Trinajstić information content (AvgIpc) is 3.57. The largest absolute Gasteiger partial charge is 0.309 e. The van der Waals surface area contributed by atoms with Gasteiger partial charge in [0.25, 0.3) is 0 Å². The number of hydrogen-bond donors (Lipinski definition) is 0. The van der Waals surface area contributed by atoms with Crippen molar-refractivity contribution >= 4 is 49.0 Å². The van der Waals surface area contributed by atoms with Gasteiger partial charge in [0.05, 0.1) is 17.6 Å². The maximum absolute atomic E-state index is 8.11. The van der Waals surface area contributed by atoms with Crippen molar-refractivity contribution in [1.29, 1.82) is 0 Å². The molecular weight excluding hydrogens is 641 g/mol. The number of fused-ring (bicyclic) bond motifs is 5. The van der Waals surface area contributed by atoms with Crippen LogP contribution in [0.15, 0.2) is 194 Å². The minimum absolute atomic E-state index is 0.624. The van der Waals surface area contributed by atoms with Crippen LogP contribution < -0.4 is 0 Å². The molecular formula is C51H32N2. The number of nitrogens with zero attached hydrogens (tertiary/aromatic N) is 2. The lowest BCUT2D eigenvalue weighted by Gasteiger charge is -2.18. The highest BCUT2D eigenvalue weighted by atomic mass is 15.0. The van der Waals surface area contributed by atoms with Crippen LogP contribution in [0.5, 0.6) is 0 Å². The number of benzene rings is 9. The van der Waals surface area contributed by atoms with E-state index in [-0.39, 0.29) is 0 Å². The minimum atomic E-state index is 0.624. The van der Waals surface area contributed by atoms with Crippen molar-refractivity contribution in [3.05, 3.63) is 206 Å². The van der Waals surface area contributed by atoms with E-state index < -0.39 is 0 Å². The molecule has 2 nitrogen and oxygen atoms in total. The lowest BCUT2D eigenvalue weighted by Crippen LogP contribution is -1.93. The van der Waals surface area contributed by atoms with Gasteiger partial charge in [0.2, 0.25) is 0 Å². The van der Waals surface area contributed by atoms with Gasteiger partial charge in [-0.2, -0.15) is 0 Å². The lowest BCUT2D eigenvalue weighted by molar-refractivity contribution is 1.18. The highest BCUT2D eigenvalue weighted by Gasteiger charge is 2.18. The van der Waals surface area contributed by atoms with Crippen molar-refractivity contribution in [2.45, 2.75) is 0 Å². The molecule has 246 valence electrons. The first kappa shape index (κ1) is 30.6. The third kappa shape index (κ3) is 5.10. The molecule has 0 saturated carbocycles. The molecule has 2 heteroatoms. The van der Waals surface area contributed by atoms with Crippen LogP contribution in [0.25, 0.3) is 98.4 Å². The zero-order chi connectivity index (χ0) is 35.3. The van der Waals surface area contributed by atoms with Gasteiger partial charge in [0.1, 0.15) is 0 Å². The Hall–Kier alpha value is -7.21. The van der Waals surface area contributed by atoms with Gasteiger partial charge in [0.15, 0.2) is 5.69 Å². The number of para-hydroxylation sites is 2. The quantitative estimate of drug-likeness (QED) is 0.127. The predicted molar refractivity (Wildman–Crippen MR) is 224 cm³/mol. The summed E-state index contributed by atoms with van der Waals surface area (Å²) in [5.74, 6) is 0. The second-order valence-corrected chi connectivity index (χ2v) is 13.6. The van der Waals surface area contributed by atoms with E-state index in [2.05, 4.69) is 191 Å². The molecule has 1 heterocycles. The topological polar surface area (TPSA) is 9.29 Å². The van der Waals surface area contributed by atoms with Crippen molar-refractivity contribution in [3.63, 3.8) is 0 Å². The summed E-state index contributed by atoms with van der Waals surface area (Å²) in [6, 6.07) is 69.1. The molecule has 0 atom stereocenters. The Labute approximate surface area is 308 Å². The fourth-order valence-corrected chi connectivity index (χ4v) is 8.22. The monoisotopic (exact) mass is 672 g/mol. The van der Waals surface area contributed by atoms with E-state index in [1.54, 1.807) is 0 Å². The van der Waals surface area contributed by atoms with Crippen molar-refractivity contribution < 1.29 is 0 Å². The molecule has 10 aromatic rings. The van der Waals surface area contributed by atoms with E-state index >= 15 is 0 Å². The lowest BCUT2D eigenvalue weighted by atomic mass is 9.85. The zero-order valence-electron chi connectivity index (χ0n) is 28.9. The van der Waals surface area contributed by atoms with Crippen LogP contribution in [-0.2, 0) is 0 Å². The second-order valence-electron chi connectivity index (χ2n) is 13.6. The van der Waals surface area contributed by atoms with Crippen LogP contribution in [0.3, 0.4) is 0 Å². The molecule has 0 bridgehead atoms. The van der Waals surface area contributed by atoms with Gasteiger partial charge in [0, 0.05) is 16.5 Å². The number of rotatable bonds is 5. The van der Waals surface area contributed by atoms with Crippen LogP contribution in [0.4, 0.5) is 5.69 Å². The Balaban J connectivity index is 1.09. The third-order valence-electron chi connectivity index (χ3n) is 10.6. The van der Waals surface area contributed by atoms with Crippen LogP contribution >= 0.6 is 0 Å². The third-order valence-corrected chi connectivity index (χ3v) is 10.6. The maximum atomic E-state index is 8.11. The van der Waals surface area contributed by atoms with Gasteiger partial charge in [-0.15, -0.1) is 0 Å². The summed E-state index contributed by atoms with van der Waals surface area (Å²) >= 11 is 0. The van der Waals surface area contributed by atoms with Crippen molar-refractivity contribution in [2.75, 3.05) is 0 Å². The zero-order valence-corrected chi connectivity index (χ0v) is 28.9. The Kier molecular flexibility index (Phi) is 7.23. The van der Waals surface area contributed by atoms with E-state index in [1.165, 1.54) is 54.5 Å². The van der Waals surface area contributed by atoms with Gasteiger partial charge in [-0.3, -0.25) is 0 Å². The molecule has 0 aliphatic rings. The van der Waals surface area contributed by atoms with Gasteiger partial charge in [-0.1, -0.05) is 146 Å². The first-order valence-corrected chi connectivity index (χ1v) is 18.0. The van der Waals surface area contributed by atoms with Crippen molar-refractivity contribution in [2.24, 2.45) is 0 Å². The fourth-order valence-electron chi connectivity index (χ4n) is 8.22. The van der Waals surface area contributed by atoms with E-state index in [0.29, 0.717) is 5.69 Å². The molecule has 0 radical (unpaired) electrons. The minimum Gasteiger partial charge on any atom is -0.309 e. The predicted octanol–water partition coefficient (Wildman–Crippen LogP) is 14.3. The molecule has 0 saturated heterocycles. The molecule has 0 fully saturated rings. The molecule has 10 rings (SSSR count). The standard InChI is InChI=1S/C51H32N2/c1-52-40-32-38(31-39(33-40)51-46-22-7-5-20-44(46)50(35-14-3-2-4-15-35)45-21-6-8-23-47(45)51)37-17-13-16-36(30-37)34-26-28-41(29-27-34)53-48-24-11-9-18-42(48)43-19-10-12-25-49(43)53/h2-33H. The smallest absolute Gasteiger partial charge is 0.188 e. The molecule has 0 aliphatic heterocycles. The number of hydrogen-bond acceptors (Lipinski definition) is 0. The van der Waals surface area contributed by atoms with Crippen LogP contribution in [-0.4, -0.2) is 4.57 Å².